The number of hydrogen-bond acceptors (Lipinski definition) is 4. The van der Waals surface area contributed by atoms with E-state index in [4.69, 9.17) is 0 Å². The first kappa shape index (κ1) is 24.1. The number of hydrogen-bond donors (Lipinski definition) is 1. The summed E-state index contributed by atoms with van der Waals surface area (Å²) in [6.45, 7) is 8.39. The molecule has 1 aromatic rings. The van der Waals surface area contributed by atoms with Crippen LogP contribution >= 0.6 is 24.0 Å². The number of guanidine groups is 1. The van der Waals surface area contributed by atoms with Gasteiger partial charge < -0.3 is 15.1 Å². The Morgan fingerprint density at radius 3 is 2.10 bits per heavy atom. The number of imide groups is 1. The van der Waals surface area contributed by atoms with Gasteiger partial charge in [0.2, 0.25) is 5.91 Å². The number of unbranched alkanes of at least 4 members (excludes halogenated alkanes) is 1. The van der Waals surface area contributed by atoms with E-state index in [0.29, 0.717) is 43.7 Å². The predicted molar refractivity (Wildman–Crippen MR) is 126 cm³/mol. The largest absolute Gasteiger partial charge is 0.357 e. The zero-order chi connectivity index (χ0) is 20.8. The summed E-state index contributed by atoms with van der Waals surface area (Å²) in [6, 6.07) is 6.96. The van der Waals surface area contributed by atoms with Gasteiger partial charge in [0, 0.05) is 52.7 Å². The molecule has 1 saturated heterocycles. The van der Waals surface area contributed by atoms with Crippen molar-refractivity contribution < 1.29 is 14.4 Å². The molecule has 3 amide bonds. The van der Waals surface area contributed by atoms with E-state index in [2.05, 4.69) is 15.2 Å². The summed E-state index contributed by atoms with van der Waals surface area (Å²) in [5.74, 6) is 0.563. The molecule has 1 fully saturated rings. The van der Waals surface area contributed by atoms with Crippen molar-refractivity contribution in [2.75, 3.05) is 45.8 Å². The zero-order valence-electron chi connectivity index (χ0n) is 17.6. The lowest BCUT2D eigenvalue weighted by Crippen LogP contribution is -2.53. The van der Waals surface area contributed by atoms with E-state index in [0.717, 1.165) is 32.0 Å². The van der Waals surface area contributed by atoms with Gasteiger partial charge >= 0.3 is 0 Å². The van der Waals surface area contributed by atoms with Gasteiger partial charge in [0.1, 0.15) is 0 Å². The Bertz CT molecular complexity index is 771. The molecule has 0 aliphatic carbocycles. The van der Waals surface area contributed by atoms with Crippen molar-refractivity contribution in [2.24, 2.45) is 4.99 Å². The van der Waals surface area contributed by atoms with Crippen LogP contribution in [0.2, 0.25) is 0 Å². The fraction of sp³-hybridized carbons (Fsp3) is 0.524. The minimum atomic E-state index is -0.203. The van der Waals surface area contributed by atoms with Gasteiger partial charge in [-0.3, -0.25) is 24.3 Å². The lowest BCUT2D eigenvalue weighted by Gasteiger charge is -2.36. The van der Waals surface area contributed by atoms with E-state index in [-0.39, 0.29) is 41.7 Å². The molecule has 2 aliphatic rings. The Balaban J connectivity index is 0.00000320. The highest BCUT2D eigenvalue weighted by Gasteiger charge is 2.34. The number of carbonyl (C=O) groups is 3. The normalized spacial score (nSPS) is 16.5. The maximum absolute atomic E-state index is 12.4. The molecule has 0 aromatic heterocycles. The fourth-order valence-electron chi connectivity index (χ4n) is 3.67. The van der Waals surface area contributed by atoms with Gasteiger partial charge in [-0.2, -0.15) is 0 Å². The Hall–Kier alpha value is -2.17. The number of nitrogens with one attached hydrogen (secondary N) is 1. The van der Waals surface area contributed by atoms with E-state index >= 15 is 0 Å². The van der Waals surface area contributed by atoms with Gasteiger partial charge in [-0.15, -0.1) is 24.0 Å². The van der Waals surface area contributed by atoms with Gasteiger partial charge in [-0.05, 0) is 31.9 Å². The molecule has 2 aliphatic heterocycles. The van der Waals surface area contributed by atoms with Gasteiger partial charge in [0.05, 0.1) is 11.1 Å². The van der Waals surface area contributed by atoms with E-state index < -0.39 is 0 Å². The smallest absolute Gasteiger partial charge is 0.261 e. The van der Waals surface area contributed by atoms with Crippen LogP contribution < -0.4 is 5.32 Å². The van der Waals surface area contributed by atoms with E-state index in [1.807, 2.05) is 11.8 Å². The zero-order valence-corrected chi connectivity index (χ0v) is 19.9. The molecule has 30 heavy (non-hydrogen) atoms. The molecule has 0 spiro atoms. The minimum Gasteiger partial charge on any atom is -0.357 e. The summed E-state index contributed by atoms with van der Waals surface area (Å²) in [5, 5.41) is 3.31. The lowest BCUT2D eigenvalue weighted by molar-refractivity contribution is -0.130. The van der Waals surface area contributed by atoms with Crippen molar-refractivity contribution in [3.05, 3.63) is 35.4 Å². The van der Waals surface area contributed by atoms with Crippen LogP contribution in [0.25, 0.3) is 0 Å². The standard InChI is InChI=1S/C21H29N5O3.HI/c1-3-22-21(25-14-12-24(13-15-25)16(2)27)23-10-6-7-11-26-19(28)17-8-4-5-9-18(17)20(26)29;/h4-5,8-9H,3,6-7,10-15H2,1-2H3,(H,22,23);1H. The van der Waals surface area contributed by atoms with Crippen molar-refractivity contribution in [3.8, 4) is 0 Å². The molecule has 2 heterocycles. The third-order valence-electron chi connectivity index (χ3n) is 5.29. The third-order valence-corrected chi connectivity index (χ3v) is 5.29. The van der Waals surface area contributed by atoms with Crippen LogP contribution in [0.1, 0.15) is 47.4 Å². The number of nitrogens with zero attached hydrogens (tertiary/aromatic N) is 4. The second-order valence-electron chi connectivity index (χ2n) is 7.24. The maximum atomic E-state index is 12.4. The van der Waals surface area contributed by atoms with Gasteiger partial charge in [-0.25, -0.2) is 0 Å². The van der Waals surface area contributed by atoms with Crippen molar-refractivity contribution in [1.29, 1.82) is 0 Å². The number of piperazine rings is 1. The molecular weight excluding hydrogens is 497 g/mol. The van der Waals surface area contributed by atoms with Crippen LogP contribution in [0.4, 0.5) is 0 Å². The molecule has 164 valence electrons. The Labute approximate surface area is 194 Å². The van der Waals surface area contributed by atoms with Crippen molar-refractivity contribution >= 4 is 47.7 Å². The first-order chi connectivity index (χ1) is 14.0. The van der Waals surface area contributed by atoms with Crippen molar-refractivity contribution in [1.82, 2.24) is 20.0 Å². The molecule has 8 nitrogen and oxygen atoms in total. The Morgan fingerprint density at radius 1 is 1.00 bits per heavy atom. The van der Waals surface area contributed by atoms with Crippen molar-refractivity contribution in [3.63, 3.8) is 0 Å². The minimum absolute atomic E-state index is 0. The van der Waals surface area contributed by atoms with Crippen LogP contribution in [-0.4, -0.2) is 84.2 Å². The molecule has 3 rings (SSSR count). The number of carbonyl (C=O) groups excluding carboxylic acids is 3. The number of aliphatic imine (C=N–C) groups is 1. The number of halogens is 1. The number of rotatable bonds is 6. The maximum Gasteiger partial charge on any atom is 0.261 e. The molecule has 0 atom stereocenters. The van der Waals surface area contributed by atoms with Crippen LogP contribution in [0, 0.1) is 0 Å². The Kier molecular flexibility index (Phi) is 9.07. The molecule has 1 N–H and O–H groups in total. The number of fused-ring (bicyclic) bond motifs is 1. The molecule has 9 heteroatoms. The summed E-state index contributed by atoms with van der Waals surface area (Å²) < 4.78 is 0. The van der Waals surface area contributed by atoms with Crippen LogP contribution in [-0.2, 0) is 4.79 Å². The Morgan fingerprint density at radius 2 is 1.57 bits per heavy atom. The first-order valence-corrected chi connectivity index (χ1v) is 10.3. The molecule has 0 unspecified atom stereocenters. The molecular formula is C21H30IN5O3. The summed E-state index contributed by atoms with van der Waals surface area (Å²) in [6.07, 6.45) is 1.50. The summed E-state index contributed by atoms with van der Waals surface area (Å²) in [4.78, 5) is 46.3. The monoisotopic (exact) mass is 527 g/mol. The topological polar surface area (TPSA) is 85.3 Å². The summed E-state index contributed by atoms with van der Waals surface area (Å²) >= 11 is 0. The highest BCUT2D eigenvalue weighted by molar-refractivity contribution is 14.0. The molecule has 0 saturated carbocycles. The number of benzene rings is 1. The molecule has 1 aromatic carbocycles. The first-order valence-electron chi connectivity index (χ1n) is 10.3. The fourth-order valence-corrected chi connectivity index (χ4v) is 3.67. The van der Waals surface area contributed by atoms with E-state index in [9.17, 15) is 14.4 Å². The van der Waals surface area contributed by atoms with Crippen LogP contribution in [0.3, 0.4) is 0 Å². The van der Waals surface area contributed by atoms with Crippen LogP contribution in [0.15, 0.2) is 29.3 Å². The van der Waals surface area contributed by atoms with Crippen LogP contribution in [0.5, 0.6) is 0 Å². The highest BCUT2D eigenvalue weighted by atomic mass is 127. The van der Waals surface area contributed by atoms with Gasteiger partial charge in [0.15, 0.2) is 5.96 Å². The second kappa shape index (κ2) is 11.3. The van der Waals surface area contributed by atoms with E-state index in [1.54, 1.807) is 31.2 Å². The second-order valence-corrected chi connectivity index (χ2v) is 7.24. The average Bonchev–Trinajstić information content (AvgIpc) is 2.98. The SMILES string of the molecule is CCNC(=NCCCCN1C(=O)c2ccccc2C1=O)N1CCN(C(C)=O)CC1.I. The summed E-state index contributed by atoms with van der Waals surface area (Å²) in [5.41, 5.74) is 0.990. The third kappa shape index (κ3) is 5.50. The number of amides is 3. The van der Waals surface area contributed by atoms with Crippen molar-refractivity contribution in [2.45, 2.75) is 26.7 Å². The van der Waals surface area contributed by atoms with E-state index in [1.165, 1.54) is 4.90 Å². The predicted octanol–water partition coefficient (Wildman–Crippen LogP) is 1.81. The molecule has 0 bridgehead atoms. The lowest BCUT2D eigenvalue weighted by atomic mass is 10.1. The molecule has 0 radical (unpaired) electrons. The van der Waals surface area contributed by atoms with Gasteiger partial charge in [0.25, 0.3) is 11.8 Å². The summed E-state index contributed by atoms with van der Waals surface area (Å²) in [7, 11) is 0. The average molecular weight is 527 g/mol. The quantitative estimate of drug-likeness (QED) is 0.201. The highest BCUT2D eigenvalue weighted by Crippen LogP contribution is 2.22. The van der Waals surface area contributed by atoms with Gasteiger partial charge in [-0.1, -0.05) is 12.1 Å².